The van der Waals surface area contributed by atoms with E-state index in [1.807, 2.05) is 54.6 Å². The van der Waals surface area contributed by atoms with Gasteiger partial charge in [0.1, 0.15) is 10.7 Å². The molecule has 31 heavy (non-hydrogen) atoms. The number of hydrogen-bond donors (Lipinski definition) is 2. The fraction of sp³-hybridized carbons (Fsp3) is 0. The maximum atomic E-state index is 12.8. The molecule has 1 amide bonds. The second kappa shape index (κ2) is 9.51. The monoisotopic (exact) mass is 510 g/mol. The SMILES string of the molecule is Nc1nc(-c2ccc(Br)cc2)nc(Sc2ccccc2)c1NC(=O)c1ccc(Cl)cc1. The van der Waals surface area contributed by atoms with Crippen molar-refractivity contribution in [2.24, 2.45) is 0 Å². The molecule has 4 aromatic rings. The van der Waals surface area contributed by atoms with Crippen molar-refractivity contribution in [3.8, 4) is 11.4 Å². The van der Waals surface area contributed by atoms with Crippen LogP contribution in [-0.4, -0.2) is 15.9 Å². The van der Waals surface area contributed by atoms with Crippen LogP contribution in [0.3, 0.4) is 0 Å². The molecule has 0 bridgehead atoms. The Labute approximate surface area is 197 Å². The van der Waals surface area contributed by atoms with Gasteiger partial charge in [-0.15, -0.1) is 0 Å². The van der Waals surface area contributed by atoms with Gasteiger partial charge in [0.05, 0.1) is 0 Å². The zero-order chi connectivity index (χ0) is 21.8. The summed E-state index contributed by atoms with van der Waals surface area (Å²) >= 11 is 10.8. The van der Waals surface area contributed by atoms with Crippen molar-refractivity contribution < 1.29 is 4.79 Å². The highest BCUT2D eigenvalue weighted by Crippen LogP contribution is 2.36. The third-order valence-corrected chi connectivity index (χ3v) is 6.09. The van der Waals surface area contributed by atoms with Crippen molar-refractivity contribution >= 4 is 56.7 Å². The zero-order valence-corrected chi connectivity index (χ0v) is 19.2. The minimum Gasteiger partial charge on any atom is -0.382 e. The first-order valence-corrected chi connectivity index (χ1v) is 11.2. The molecule has 0 aliphatic rings. The maximum Gasteiger partial charge on any atom is 0.255 e. The predicted molar refractivity (Wildman–Crippen MR) is 130 cm³/mol. The third-order valence-electron chi connectivity index (χ3n) is 4.31. The highest BCUT2D eigenvalue weighted by Gasteiger charge is 2.18. The smallest absolute Gasteiger partial charge is 0.255 e. The van der Waals surface area contributed by atoms with Crippen LogP contribution in [0.2, 0.25) is 5.02 Å². The van der Waals surface area contributed by atoms with E-state index in [-0.39, 0.29) is 11.7 Å². The number of nitrogens with one attached hydrogen (secondary N) is 1. The lowest BCUT2D eigenvalue weighted by Gasteiger charge is -2.14. The lowest BCUT2D eigenvalue weighted by molar-refractivity contribution is 0.102. The average Bonchev–Trinajstić information content (AvgIpc) is 2.77. The molecule has 154 valence electrons. The maximum absolute atomic E-state index is 12.8. The number of amides is 1. The molecule has 5 nitrogen and oxygen atoms in total. The van der Waals surface area contributed by atoms with E-state index >= 15 is 0 Å². The molecular formula is C23H16BrClN4OS. The van der Waals surface area contributed by atoms with E-state index in [0.717, 1.165) is 14.9 Å². The van der Waals surface area contributed by atoms with Gasteiger partial charge in [0.15, 0.2) is 11.6 Å². The highest BCUT2D eigenvalue weighted by atomic mass is 79.9. The quantitative estimate of drug-likeness (QED) is 0.297. The fourth-order valence-corrected chi connectivity index (χ4v) is 4.06. The average molecular weight is 512 g/mol. The standard InChI is InChI=1S/C23H16BrClN4OS/c24-16-10-6-14(7-11-16)21-28-20(26)19(23(29-21)31-18-4-2-1-3-5-18)27-22(30)15-8-12-17(25)13-9-15/h1-13H,(H,27,30)(H2,26,28,29). The van der Waals surface area contributed by atoms with Crippen molar-refractivity contribution in [1.82, 2.24) is 9.97 Å². The van der Waals surface area contributed by atoms with Gasteiger partial charge in [-0.05, 0) is 48.5 Å². The predicted octanol–water partition coefficient (Wildman–Crippen LogP) is 6.55. The van der Waals surface area contributed by atoms with Crippen LogP contribution < -0.4 is 11.1 Å². The summed E-state index contributed by atoms with van der Waals surface area (Å²) in [6.07, 6.45) is 0. The van der Waals surface area contributed by atoms with Crippen LogP contribution in [-0.2, 0) is 0 Å². The molecule has 0 unspecified atom stereocenters. The Bertz CT molecular complexity index is 1220. The van der Waals surface area contributed by atoms with E-state index in [1.54, 1.807) is 24.3 Å². The summed E-state index contributed by atoms with van der Waals surface area (Å²) in [6, 6.07) is 24.0. The number of carbonyl (C=O) groups excluding carboxylic acids is 1. The number of nitrogens with zero attached hydrogens (tertiary/aromatic N) is 2. The van der Waals surface area contributed by atoms with Crippen molar-refractivity contribution in [3.05, 3.63) is 93.9 Å². The number of carbonyl (C=O) groups is 1. The lowest BCUT2D eigenvalue weighted by Crippen LogP contribution is -2.15. The summed E-state index contributed by atoms with van der Waals surface area (Å²) in [5.41, 5.74) is 7.93. The molecule has 1 aromatic heterocycles. The van der Waals surface area contributed by atoms with Crippen LogP contribution in [0.25, 0.3) is 11.4 Å². The Morgan fingerprint density at radius 2 is 1.61 bits per heavy atom. The summed E-state index contributed by atoms with van der Waals surface area (Å²) in [6.45, 7) is 0. The molecule has 1 heterocycles. The molecule has 3 aromatic carbocycles. The Morgan fingerprint density at radius 3 is 2.29 bits per heavy atom. The summed E-state index contributed by atoms with van der Waals surface area (Å²) in [7, 11) is 0. The molecule has 8 heteroatoms. The summed E-state index contributed by atoms with van der Waals surface area (Å²) in [4.78, 5) is 22.9. The number of rotatable bonds is 5. The zero-order valence-electron chi connectivity index (χ0n) is 16.0. The van der Waals surface area contributed by atoms with Crippen molar-refractivity contribution in [1.29, 1.82) is 0 Å². The number of nitrogens with two attached hydrogens (primary N) is 1. The Hall–Kier alpha value is -2.87. The minimum atomic E-state index is -0.321. The molecule has 0 aliphatic carbocycles. The van der Waals surface area contributed by atoms with Crippen LogP contribution in [0.4, 0.5) is 11.5 Å². The lowest BCUT2D eigenvalue weighted by atomic mass is 10.2. The number of anilines is 2. The van der Waals surface area contributed by atoms with Gasteiger partial charge in [0.25, 0.3) is 5.91 Å². The van der Waals surface area contributed by atoms with Crippen LogP contribution in [0.1, 0.15) is 10.4 Å². The molecule has 0 aliphatic heterocycles. The van der Waals surface area contributed by atoms with E-state index in [4.69, 9.17) is 22.3 Å². The topological polar surface area (TPSA) is 80.9 Å². The molecule has 0 saturated carbocycles. The highest BCUT2D eigenvalue weighted by molar-refractivity contribution is 9.10. The minimum absolute atomic E-state index is 0.189. The van der Waals surface area contributed by atoms with Crippen LogP contribution in [0.15, 0.2) is 93.3 Å². The molecule has 4 rings (SSSR count). The molecular weight excluding hydrogens is 496 g/mol. The van der Waals surface area contributed by atoms with Crippen LogP contribution in [0.5, 0.6) is 0 Å². The van der Waals surface area contributed by atoms with E-state index in [2.05, 4.69) is 26.2 Å². The number of aromatic nitrogens is 2. The number of benzene rings is 3. The molecule has 0 radical (unpaired) electrons. The van der Waals surface area contributed by atoms with Gasteiger partial charge in [0.2, 0.25) is 0 Å². The molecule has 3 N–H and O–H groups in total. The van der Waals surface area contributed by atoms with E-state index in [9.17, 15) is 4.79 Å². The molecule has 0 saturated heterocycles. The van der Waals surface area contributed by atoms with Gasteiger partial charge in [-0.1, -0.05) is 69.6 Å². The summed E-state index contributed by atoms with van der Waals surface area (Å²) in [5.74, 6) is 0.347. The third kappa shape index (κ3) is 5.25. The Kier molecular flexibility index (Phi) is 6.56. The number of nitrogen functional groups attached to an aromatic ring is 1. The normalized spacial score (nSPS) is 10.6. The first kappa shape index (κ1) is 21.4. The van der Waals surface area contributed by atoms with Gasteiger partial charge in [0, 0.05) is 25.5 Å². The van der Waals surface area contributed by atoms with Gasteiger partial charge in [-0.2, -0.15) is 0 Å². The Morgan fingerprint density at radius 1 is 0.935 bits per heavy atom. The van der Waals surface area contributed by atoms with Crippen molar-refractivity contribution in [3.63, 3.8) is 0 Å². The van der Waals surface area contributed by atoms with Crippen molar-refractivity contribution in [2.75, 3.05) is 11.1 Å². The molecule has 0 atom stereocenters. The van der Waals surface area contributed by atoms with Crippen molar-refractivity contribution in [2.45, 2.75) is 9.92 Å². The fourth-order valence-electron chi connectivity index (χ4n) is 2.76. The van der Waals surface area contributed by atoms with Gasteiger partial charge in [-0.3, -0.25) is 4.79 Å². The van der Waals surface area contributed by atoms with Gasteiger partial charge in [-0.25, -0.2) is 9.97 Å². The summed E-state index contributed by atoms with van der Waals surface area (Å²) < 4.78 is 0.954. The van der Waals surface area contributed by atoms with Crippen LogP contribution in [0, 0.1) is 0 Å². The molecule has 0 fully saturated rings. The van der Waals surface area contributed by atoms with Gasteiger partial charge >= 0.3 is 0 Å². The van der Waals surface area contributed by atoms with E-state index in [0.29, 0.717) is 27.1 Å². The second-order valence-corrected chi connectivity index (χ2v) is 8.91. The van der Waals surface area contributed by atoms with Crippen LogP contribution >= 0.6 is 39.3 Å². The summed E-state index contributed by atoms with van der Waals surface area (Å²) in [5, 5.41) is 3.97. The first-order valence-electron chi connectivity index (χ1n) is 9.23. The largest absolute Gasteiger partial charge is 0.382 e. The van der Waals surface area contributed by atoms with Gasteiger partial charge < -0.3 is 11.1 Å². The number of halogens is 2. The number of hydrogen-bond acceptors (Lipinski definition) is 5. The molecule has 0 spiro atoms. The Balaban J connectivity index is 1.74. The first-order chi connectivity index (χ1) is 15.0. The van der Waals surface area contributed by atoms with E-state index in [1.165, 1.54) is 11.8 Å². The second-order valence-electron chi connectivity index (χ2n) is 6.50. The van der Waals surface area contributed by atoms with E-state index < -0.39 is 0 Å².